The van der Waals surface area contributed by atoms with Gasteiger partial charge in [0.25, 0.3) is 0 Å². The number of anilines is 1. The molecular weight excluding hydrogens is 286 g/mol. The Bertz CT molecular complexity index is 764. The van der Waals surface area contributed by atoms with Crippen molar-refractivity contribution >= 4 is 17.0 Å². The second kappa shape index (κ2) is 7.22. The number of nitrogens with zero attached hydrogens (tertiary/aromatic N) is 4. The van der Waals surface area contributed by atoms with Crippen LogP contribution in [0.5, 0.6) is 0 Å². The van der Waals surface area contributed by atoms with Crippen LogP contribution in [0.2, 0.25) is 0 Å². The van der Waals surface area contributed by atoms with Gasteiger partial charge in [-0.15, -0.1) is 0 Å². The quantitative estimate of drug-likeness (QED) is 0.677. The predicted octanol–water partition coefficient (Wildman–Crippen LogP) is 3.65. The third kappa shape index (κ3) is 3.50. The summed E-state index contributed by atoms with van der Waals surface area (Å²) in [5, 5.41) is 3.15. The summed E-state index contributed by atoms with van der Waals surface area (Å²) in [6.07, 6.45) is 6.29. The van der Waals surface area contributed by atoms with Crippen molar-refractivity contribution in [3.8, 4) is 0 Å². The highest BCUT2D eigenvalue weighted by Crippen LogP contribution is 2.20. The maximum Gasteiger partial charge on any atom is 0.166 e. The molecule has 3 aromatic rings. The number of aryl methyl sites for hydroxylation is 1. The molecule has 3 rings (SSSR count). The van der Waals surface area contributed by atoms with E-state index < -0.39 is 0 Å². The van der Waals surface area contributed by atoms with Gasteiger partial charge in [0.15, 0.2) is 11.5 Å². The Morgan fingerprint density at radius 1 is 1.09 bits per heavy atom. The van der Waals surface area contributed by atoms with Crippen molar-refractivity contribution in [2.24, 2.45) is 0 Å². The summed E-state index contributed by atoms with van der Waals surface area (Å²) in [4.78, 5) is 13.9. The van der Waals surface area contributed by atoms with E-state index in [-0.39, 0.29) is 0 Å². The highest BCUT2D eigenvalue weighted by Gasteiger charge is 2.12. The molecule has 0 unspecified atom stereocenters. The van der Waals surface area contributed by atoms with E-state index in [4.69, 9.17) is 4.98 Å². The zero-order valence-corrected chi connectivity index (χ0v) is 13.8. The first-order chi connectivity index (χ1) is 11.3. The summed E-state index contributed by atoms with van der Waals surface area (Å²) in [6.45, 7) is 2.98. The number of rotatable bonds is 7. The fourth-order valence-corrected chi connectivity index (χ4v) is 2.70. The average Bonchev–Trinajstić information content (AvgIpc) is 2.98. The van der Waals surface area contributed by atoms with Crippen LogP contribution in [0.25, 0.3) is 11.2 Å². The third-order valence-corrected chi connectivity index (χ3v) is 3.95. The van der Waals surface area contributed by atoms with Crippen molar-refractivity contribution < 1.29 is 0 Å². The molecule has 2 heterocycles. The number of hydrogen-bond donors (Lipinski definition) is 1. The van der Waals surface area contributed by atoms with Crippen LogP contribution >= 0.6 is 0 Å². The predicted molar refractivity (Wildman–Crippen MR) is 93.6 cm³/mol. The lowest BCUT2D eigenvalue weighted by Crippen LogP contribution is -2.05. The summed E-state index contributed by atoms with van der Waals surface area (Å²) < 4.78 is 2.09. The topological polar surface area (TPSA) is 55.6 Å². The third-order valence-electron chi connectivity index (χ3n) is 3.95. The molecule has 0 radical (unpaired) electrons. The van der Waals surface area contributed by atoms with E-state index >= 15 is 0 Å². The Morgan fingerprint density at radius 2 is 1.91 bits per heavy atom. The molecular formula is C18H23N5. The smallest absolute Gasteiger partial charge is 0.166 e. The highest BCUT2D eigenvalue weighted by molar-refractivity contribution is 5.82. The SMILES string of the molecule is CCCCCc1nc(NC)c2ncn(Cc3ccccc3)c2n1. The van der Waals surface area contributed by atoms with Gasteiger partial charge >= 0.3 is 0 Å². The second-order valence-electron chi connectivity index (χ2n) is 5.73. The lowest BCUT2D eigenvalue weighted by Gasteiger charge is -2.07. The van der Waals surface area contributed by atoms with Crippen LogP contribution in [0, 0.1) is 0 Å². The minimum absolute atomic E-state index is 0.770. The van der Waals surface area contributed by atoms with Gasteiger partial charge in [0.1, 0.15) is 11.3 Å². The van der Waals surface area contributed by atoms with Crippen molar-refractivity contribution in [2.45, 2.75) is 39.2 Å². The molecule has 23 heavy (non-hydrogen) atoms. The lowest BCUT2D eigenvalue weighted by molar-refractivity contribution is 0.694. The molecule has 2 aromatic heterocycles. The number of benzene rings is 1. The molecule has 0 fully saturated rings. The minimum Gasteiger partial charge on any atom is -0.371 e. The standard InChI is InChI=1S/C18H23N5/c1-3-4-6-11-15-21-17(19-2)16-18(22-15)23(13-20-16)12-14-9-7-5-8-10-14/h5,7-10,13H,3-4,6,11-12H2,1-2H3,(H,19,21,22). The van der Waals surface area contributed by atoms with Crippen LogP contribution in [0.1, 0.15) is 37.6 Å². The molecule has 1 N–H and O–H groups in total. The molecule has 0 bridgehead atoms. The second-order valence-corrected chi connectivity index (χ2v) is 5.73. The Morgan fingerprint density at radius 3 is 2.65 bits per heavy atom. The molecule has 0 aliphatic carbocycles. The normalized spacial score (nSPS) is 11.0. The van der Waals surface area contributed by atoms with Gasteiger partial charge in [-0.3, -0.25) is 0 Å². The number of unbranched alkanes of at least 4 members (excludes halogenated alkanes) is 2. The van der Waals surface area contributed by atoms with E-state index in [0.29, 0.717) is 0 Å². The highest BCUT2D eigenvalue weighted by atomic mass is 15.1. The van der Waals surface area contributed by atoms with Gasteiger partial charge in [0.05, 0.1) is 12.9 Å². The fraction of sp³-hybridized carbons (Fsp3) is 0.389. The zero-order chi connectivity index (χ0) is 16.1. The maximum absolute atomic E-state index is 4.76. The van der Waals surface area contributed by atoms with Crippen LogP contribution in [0.4, 0.5) is 5.82 Å². The number of nitrogens with one attached hydrogen (secondary N) is 1. The van der Waals surface area contributed by atoms with Gasteiger partial charge in [0.2, 0.25) is 0 Å². The summed E-state index contributed by atoms with van der Waals surface area (Å²) in [6, 6.07) is 10.4. The lowest BCUT2D eigenvalue weighted by atomic mass is 10.2. The van der Waals surface area contributed by atoms with Gasteiger partial charge in [-0.2, -0.15) is 0 Å². The Hall–Kier alpha value is -2.43. The molecule has 0 amide bonds. The average molecular weight is 309 g/mol. The number of imidazole rings is 1. The molecule has 0 aliphatic heterocycles. The van der Waals surface area contributed by atoms with Crippen molar-refractivity contribution in [2.75, 3.05) is 12.4 Å². The van der Waals surface area contributed by atoms with E-state index in [1.807, 2.05) is 19.4 Å². The van der Waals surface area contributed by atoms with Crippen LogP contribution in [-0.2, 0) is 13.0 Å². The monoisotopic (exact) mass is 309 g/mol. The van der Waals surface area contributed by atoms with Crippen molar-refractivity contribution in [1.29, 1.82) is 0 Å². The van der Waals surface area contributed by atoms with E-state index in [2.05, 4.69) is 51.0 Å². The minimum atomic E-state index is 0.770. The van der Waals surface area contributed by atoms with Gasteiger partial charge in [-0.05, 0) is 12.0 Å². The summed E-state index contributed by atoms with van der Waals surface area (Å²) >= 11 is 0. The van der Waals surface area contributed by atoms with Crippen molar-refractivity contribution in [3.05, 3.63) is 48.0 Å². The fourth-order valence-electron chi connectivity index (χ4n) is 2.70. The Kier molecular flexibility index (Phi) is 4.86. The number of hydrogen-bond acceptors (Lipinski definition) is 4. The Labute approximate surface area is 136 Å². The molecule has 0 aliphatic rings. The largest absolute Gasteiger partial charge is 0.371 e. The van der Waals surface area contributed by atoms with Crippen LogP contribution in [-0.4, -0.2) is 26.6 Å². The Balaban J connectivity index is 1.94. The first-order valence-electron chi connectivity index (χ1n) is 8.25. The molecule has 0 saturated heterocycles. The van der Waals surface area contributed by atoms with Gasteiger partial charge in [-0.1, -0.05) is 50.1 Å². The van der Waals surface area contributed by atoms with E-state index in [1.54, 1.807) is 0 Å². The zero-order valence-electron chi connectivity index (χ0n) is 13.8. The van der Waals surface area contributed by atoms with Crippen molar-refractivity contribution in [1.82, 2.24) is 19.5 Å². The molecule has 0 spiro atoms. The van der Waals surface area contributed by atoms with Gasteiger partial charge < -0.3 is 9.88 Å². The molecule has 120 valence electrons. The molecule has 5 heteroatoms. The summed E-state index contributed by atoms with van der Waals surface area (Å²) in [7, 11) is 1.88. The summed E-state index contributed by atoms with van der Waals surface area (Å²) in [5.74, 6) is 1.71. The van der Waals surface area contributed by atoms with Crippen LogP contribution in [0.15, 0.2) is 36.7 Å². The number of fused-ring (bicyclic) bond motifs is 1. The first-order valence-corrected chi connectivity index (χ1v) is 8.25. The van der Waals surface area contributed by atoms with Crippen LogP contribution < -0.4 is 5.32 Å². The van der Waals surface area contributed by atoms with Gasteiger partial charge in [-0.25, -0.2) is 15.0 Å². The van der Waals surface area contributed by atoms with Crippen molar-refractivity contribution in [3.63, 3.8) is 0 Å². The molecule has 0 saturated carbocycles. The molecule has 0 atom stereocenters. The first kappa shape index (κ1) is 15.5. The van der Waals surface area contributed by atoms with E-state index in [0.717, 1.165) is 42.2 Å². The molecule has 1 aromatic carbocycles. The molecule has 5 nitrogen and oxygen atoms in total. The van der Waals surface area contributed by atoms with E-state index in [1.165, 1.54) is 18.4 Å². The van der Waals surface area contributed by atoms with Crippen LogP contribution in [0.3, 0.4) is 0 Å². The van der Waals surface area contributed by atoms with Gasteiger partial charge in [0, 0.05) is 13.5 Å². The van der Waals surface area contributed by atoms with E-state index in [9.17, 15) is 0 Å². The number of aromatic nitrogens is 4. The summed E-state index contributed by atoms with van der Waals surface area (Å²) in [5.41, 5.74) is 2.98. The maximum atomic E-state index is 4.76.